The summed E-state index contributed by atoms with van der Waals surface area (Å²) in [6.07, 6.45) is 0.448. The van der Waals surface area contributed by atoms with E-state index in [0.717, 1.165) is 0 Å². The molecule has 1 atom stereocenters. The smallest absolute Gasteiger partial charge is 0.235 e. The second-order valence-electron chi connectivity index (χ2n) is 4.61. The average Bonchev–Trinajstić information content (AvgIpc) is 2.66. The zero-order valence-electron chi connectivity index (χ0n) is 11.2. The molecule has 1 fully saturated rings. The first-order valence-electron chi connectivity index (χ1n) is 6.08. The van der Waals surface area contributed by atoms with Gasteiger partial charge in [-0.25, -0.2) is 4.98 Å². The van der Waals surface area contributed by atoms with E-state index in [-0.39, 0.29) is 16.9 Å². The molecule has 0 saturated carbocycles. The molecule has 0 aliphatic carbocycles. The van der Waals surface area contributed by atoms with Crippen molar-refractivity contribution in [2.45, 2.75) is 27.2 Å². The number of anilines is 1. The van der Waals surface area contributed by atoms with Gasteiger partial charge in [0.25, 0.3) is 0 Å². The Bertz CT molecular complexity index is 500. The monoisotopic (exact) mass is 280 g/mol. The molecular weight excluding hydrogens is 264 g/mol. The lowest BCUT2D eigenvalue weighted by atomic mass is 10.1. The van der Waals surface area contributed by atoms with E-state index < -0.39 is 0 Å². The third-order valence-corrected chi connectivity index (χ3v) is 3.86. The Labute approximate surface area is 116 Å². The van der Waals surface area contributed by atoms with Crippen molar-refractivity contribution in [2.75, 3.05) is 17.2 Å². The van der Waals surface area contributed by atoms with Crippen LogP contribution >= 0.6 is 11.8 Å². The molecule has 1 aromatic rings. The summed E-state index contributed by atoms with van der Waals surface area (Å²) < 4.78 is 0. The van der Waals surface area contributed by atoms with Crippen molar-refractivity contribution in [1.82, 2.24) is 15.0 Å². The number of aryl methyl sites for hydroxylation is 2. The molecule has 6 nitrogen and oxygen atoms in total. The van der Waals surface area contributed by atoms with Crippen LogP contribution in [-0.4, -0.2) is 38.3 Å². The van der Waals surface area contributed by atoms with Gasteiger partial charge in [-0.1, -0.05) is 11.8 Å². The summed E-state index contributed by atoms with van der Waals surface area (Å²) in [5, 5.41) is 0.0812. The Morgan fingerprint density at radius 2 is 1.95 bits per heavy atom. The van der Waals surface area contributed by atoms with Crippen molar-refractivity contribution < 1.29 is 9.59 Å². The van der Waals surface area contributed by atoms with Crippen LogP contribution in [0.1, 0.15) is 25.0 Å². The SMILES string of the molecule is CC(=O)SCC1CC(=O)N(c2nc(C)nc(C)n2)C1. The van der Waals surface area contributed by atoms with E-state index in [1.54, 1.807) is 18.7 Å². The van der Waals surface area contributed by atoms with E-state index in [1.165, 1.54) is 18.7 Å². The van der Waals surface area contributed by atoms with Gasteiger partial charge in [0.2, 0.25) is 11.9 Å². The molecule has 1 unspecified atom stereocenters. The predicted octanol–water partition coefficient (Wildman–Crippen LogP) is 1.12. The number of amides is 1. The minimum atomic E-state index is 0.0131. The number of nitrogens with zero attached hydrogens (tertiary/aromatic N) is 4. The summed E-state index contributed by atoms with van der Waals surface area (Å²) >= 11 is 1.26. The van der Waals surface area contributed by atoms with Gasteiger partial charge in [0.15, 0.2) is 5.12 Å². The van der Waals surface area contributed by atoms with Crippen molar-refractivity contribution in [2.24, 2.45) is 5.92 Å². The molecule has 19 heavy (non-hydrogen) atoms. The standard InChI is InChI=1S/C12H16N4O2S/c1-7-13-8(2)15-12(14-7)16-5-10(4-11(16)18)6-19-9(3)17/h10H,4-6H2,1-3H3. The Hall–Kier alpha value is -1.50. The summed E-state index contributed by atoms with van der Waals surface area (Å²) in [4.78, 5) is 37.0. The average molecular weight is 280 g/mol. The number of aromatic nitrogens is 3. The van der Waals surface area contributed by atoms with Gasteiger partial charge in [0.05, 0.1) is 0 Å². The van der Waals surface area contributed by atoms with Crippen LogP contribution < -0.4 is 4.90 Å². The van der Waals surface area contributed by atoms with Crippen LogP contribution in [0.2, 0.25) is 0 Å². The van der Waals surface area contributed by atoms with Crippen molar-refractivity contribution in [3.8, 4) is 0 Å². The lowest BCUT2D eigenvalue weighted by Gasteiger charge is -2.14. The highest BCUT2D eigenvalue weighted by Gasteiger charge is 2.32. The quantitative estimate of drug-likeness (QED) is 0.826. The summed E-state index contributed by atoms with van der Waals surface area (Å²) in [5.74, 6) is 2.50. The van der Waals surface area contributed by atoms with Crippen LogP contribution in [-0.2, 0) is 9.59 Å². The first-order valence-corrected chi connectivity index (χ1v) is 7.07. The minimum absolute atomic E-state index is 0.0131. The highest BCUT2D eigenvalue weighted by molar-refractivity contribution is 8.13. The normalized spacial score (nSPS) is 19.0. The largest absolute Gasteiger partial charge is 0.288 e. The number of carbonyl (C=O) groups excluding carboxylic acids is 2. The van der Waals surface area contributed by atoms with Gasteiger partial charge >= 0.3 is 0 Å². The molecule has 1 amide bonds. The first kappa shape index (κ1) is 13.9. The zero-order chi connectivity index (χ0) is 14.0. The molecule has 1 aliphatic heterocycles. The maximum Gasteiger partial charge on any atom is 0.235 e. The van der Waals surface area contributed by atoms with Gasteiger partial charge in [0, 0.05) is 25.6 Å². The molecule has 0 aromatic carbocycles. The lowest BCUT2D eigenvalue weighted by molar-refractivity contribution is -0.117. The number of rotatable bonds is 3. The number of hydrogen-bond acceptors (Lipinski definition) is 6. The minimum Gasteiger partial charge on any atom is -0.288 e. The first-order chi connectivity index (χ1) is 8.95. The molecule has 102 valence electrons. The van der Waals surface area contributed by atoms with Gasteiger partial charge in [-0.3, -0.25) is 14.5 Å². The van der Waals surface area contributed by atoms with Crippen molar-refractivity contribution in [1.29, 1.82) is 0 Å². The predicted molar refractivity (Wildman–Crippen MR) is 72.9 cm³/mol. The zero-order valence-corrected chi connectivity index (χ0v) is 12.0. The van der Waals surface area contributed by atoms with E-state index in [1.807, 2.05) is 0 Å². The van der Waals surface area contributed by atoms with E-state index in [2.05, 4.69) is 15.0 Å². The molecule has 0 bridgehead atoms. The lowest BCUT2D eigenvalue weighted by Crippen LogP contribution is -2.27. The second kappa shape index (κ2) is 5.64. The number of carbonyl (C=O) groups is 2. The highest BCUT2D eigenvalue weighted by Crippen LogP contribution is 2.25. The fourth-order valence-corrected chi connectivity index (χ4v) is 2.73. The molecule has 1 aromatic heterocycles. The van der Waals surface area contributed by atoms with Crippen LogP contribution in [0, 0.1) is 19.8 Å². The number of thioether (sulfide) groups is 1. The summed E-state index contributed by atoms with van der Waals surface area (Å²) in [6.45, 7) is 5.67. The summed E-state index contributed by atoms with van der Waals surface area (Å²) in [5.41, 5.74) is 0. The molecule has 0 N–H and O–H groups in total. The molecule has 0 spiro atoms. The van der Waals surface area contributed by atoms with E-state index >= 15 is 0 Å². The molecular formula is C12H16N4O2S. The third-order valence-electron chi connectivity index (χ3n) is 2.82. The second-order valence-corrected chi connectivity index (χ2v) is 5.80. The van der Waals surface area contributed by atoms with Gasteiger partial charge < -0.3 is 0 Å². The molecule has 2 heterocycles. The Morgan fingerprint density at radius 3 is 2.53 bits per heavy atom. The maximum atomic E-state index is 12.0. The van der Waals surface area contributed by atoms with Crippen LogP contribution in [0.4, 0.5) is 5.95 Å². The van der Waals surface area contributed by atoms with E-state index in [9.17, 15) is 9.59 Å². The van der Waals surface area contributed by atoms with Gasteiger partial charge in [-0.05, 0) is 19.8 Å². The van der Waals surface area contributed by atoms with Crippen LogP contribution in [0.25, 0.3) is 0 Å². The summed E-state index contributed by atoms with van der Waals surface area (Å²) in [7, 11) is 0. The Morgan fingerprint density at radius 1 is 1.32 bits per heavy atom. The molecule has 2 rings (SSSR count). The van der Waals surface area contributed by atoms with Crippen molar-refractivity contribution >= 4 is 28.7 Å². The van der Waals surface area contributed by atoms with Crippen LogP contribution in [0.5, 0.6) is 0 Å². The van der Waals surface area contributed by atoms with Crippen molar-refractivity contribution in [3.63, 3.8) is 0 Å². The summed E-state index contributed by atoms with van der Waals surface area (Å²) in [6, 6.07) is 0. The maximum absolute atomic E-state index is 12.0. The topological polar surface area (TPSA) is 76.1 Å². The molecule has 1 saturated heterocycles. The fraction of sp³-hybridized carbons (Fsp3) is 0.583. The Balaban J connectivity index is 2.09. The Kier molecular flexibility index (Phi) is 4.14. The molecule has 1 aliphatic rings. The van der Waals surface area contributed by atoms with Crippen LogP contribution in [0.15, 0.2) is 0 Å². The fourth-order valence-electron chi connectivity index (χ4n) is 2.04. The van der Waals surface area contributed by atoms with Gasteiger partial charge in [-0.2, -0.15) is 9.97 Å². The molecule has 0 radical (unpaired) electrons. The van der Waals surface area contributed by atoms with E-state index in [0.29, 0.717) is 36.3 Å². The van der Waals surface area contributed by atoms with E-state index in [4.69, 9.17) is 0 Å². The van der Waals surface area contributed by atoms with Gasteiger partial charge in [-0.15, -0.1) is 0 Å². The molecule has 7 heteroatoms. The number of hydrogen-bond donors (Lipinski definition) is 0. The van der Waals surface area contributed by atoms with Crippen LogP contribution in [0.3, 0.4) is 0 Å². The van der Waals surface area contributed by atoms with Crippen molar-refractivity contribution in [3.05, 3.63) is 11.6 Å². The van der Waals surface area contributed by atoms with Gasteiger partial charge in [0.1, 0.15) is 11.6 Å². The third kappa shape index (κ3) is 3.50. The highest BCUT2D eigenvalue weighted by atomic mass is 32.2.